The zero-order valence-corrected chi connectivity index (χ0v) is 20.3. The summed E-state index contributed by atoms with van der Waals surface area (Å²) in [6.45, 7) is 1.16. The van der Waals surface area contributed by atoms with Crippen LogP contribution in [0.2, 0.25) is 0 Å². The van der Waals surface area contributed by atoms with Gasteiger partial charge in [0.2, 0.25) is 0 Å². The second-order valence-corrected chi connectivity index (χ2v) is 8.89. The number of halogens is 1. The number of ketones is 1. The number of Topliss-reactive ketones (excluding diaryl/α,β-unsaturated/α-hetero) is 1. The number of hydrogen-bond acceptors (Lipinski definition) is 6. The Kier molecular flexibility index (Phi) is 6.92. The van der Waals surface area contributed by atoms with Gasteiger partial charge >= 0.3 is 0 Å². The van der Waals surface area contributed by atoms with Crippen LogP contribution in [0.25, 0.3) is 5.76 Å². The van der Waals surface area contributed by atoms with Crippen LogP contribution >= 0.6 is 0 Å². The van der Waals surface area contributed by atoms with E-state index in [1.165, 1.54) is 24.1 Å². The molecule has 3 aromatic carbocycles. The molecule has 0 spiro atoms. The molecule has 2 aliphatic rings. The summed E-state index contributed by atoms with van der Waals surface area (Å²) in [4.78, 5) is 27.7. The Bertz CT molecular complexity index is 1370. The molecule has 8 heteroatoms. The van der Waals surface area contributed by atoms with E-state index in [0.29, 0.717) is 29.9 Å². The van der Waals surface area contributed by atoms with Gasteiger partial charge in [-0.15, -0.1) is 0 Å². The molecule has 2 aliphatic heterocycles. The zero-order chi connectivity index (χ0) is 25.9. The minimum Gasteiger partial charge on any atom is -0.507 e. The minimum absolute atomic E-state index is 0.00986. The van der Waals surface area contributed by atoms with Gasteiger partial charge in [-0.05, 0) is 59.2 Å². The molecular formula is C29H26FNO6. The first kappa shape index (κ1) is 24.5. The third kappa shape index (κ3) is 4.93. The Labute approximate surface area is 213 Å². The van der Waals surface area contributed by atoms with E-state index in [9.17, 15) is 19.1 Å². The predicted molar refractivity (Wildman–Crippen MR) is 134 cm³/mol. The van der Waals surface area contributed by atoms with Crippen LogP contribution in [-0.2, 0) is 27.4 Å². The molecule has 1 amide bonds. The molecule has 7 nitrogen and oxygen atoms in total. The largest absolute Gasteiger partial charge is 0.507 e. The van der Waals surface area contributed by atoms with Gasteiger partial charge in [-0.2, -0.15) is 0 Å². The molecule has 0 aliphatic carbocycles. The summed E-state index contributed by atoms with van der Waals surface area (Å²) in [7, 11) is 1.52. The van der Waals surface area contributed by atoms with E-state index in [2.05, 4.69) is 0 Å². The Hall–Kier alpha value is -4.17. The summed E-state index contributed by atoms with van der Waals surface area (Å²) >= 11 is 0. The Morgan fingerprint density at radius 3 is 2.70 bits per heavy atom. The van der Waals surface area contributed by atoms with Crippen molar-refractivity contribution < 1.29 is 33.3 Å². The summed E-state index contributed by atoms with van der Waals surface area (Å²) in [6, 6.07) is 17.5. The molecule has 2 heterocycles. The van der Waals surface area contributed by atoms with Crippen molar-refractivity contribution in [1.82, 2.24) is 4.90 Å². The maximum atomic E-state index is 13.2. The van der Waals surface area contributed by atoms with Crippen molar-refractivity contribution in [2.75, 3.05) is 26.9 Å². The second kappa shape index (κ2) is 10.4. The van der Waals surface area contributed by atoms with Crippen LogP contribution in [0.4, 0.5) is 4.39 Å². The number of fused-ring (bicyclic) bond motifs is 1. The van der Waals surface area contributed by atoms with Crippen LogP contribution in [0.15, 0.2) is 72.3 Å². The highest BCUT2D eigenvalue weighted by molar-refractivity contribution is 6.46. The summed E-state index contributed by atoms with van der Waals surface area (Å²) in [5, 5.41) is 11.3. The monoisotopic (exact) mass is 503 g/mol. The normalized spacial score (nSPS) is 18.1. The molecule has 0 radical (unpaired) electrons. The van der Waals surface area contributed by atoms with Gasteiger partial charge in [0, 0.05) is 25.6 Å². The van der Waals surface area contributed by atoms with E-state index in [1.54, 1.807) is 54.6 Å². The summed E-state index contributed by atoms with van der Waals surface area (Å²) < 4.78 is 29.8. The van der Waals surface area contributed by atoms with Gasteiger partial charge < -0.3 is 24.2 Å². The van der Waals surface area contributed by atoms with E-state index in [-0.39, 0.29) is 36.9 Å². The third-order valence-corrected chi connectivity index (χ3v) is 6.53. The van der Waals surface area contributed by atoms with Crippen molar-refractivity contribution in [3.63, 3.8) is 0 Å². The standard InChI is InChI=1S/C29H26FNO6/c1-35-14-12-31-26(20-3-2-4-23(16-20)37-17-18-5-8-22(30)9-6-18)25(28(33)29(31)34)27(32)21-7-10-24-19(15-21)11-13-36-24/h2-10,15-16,26,32H,11-14,17H2,1H3/b27-25-. The van der Waals surface area contributed by atoms with E-state index >= 15 is 0 Å². The maximum Gasteiger partial charge on any atom is 0.295 e. The molecule has 1 unspecified atom stereocenters. The van der Waals surface area contributed by atoms with Crippen molar-refractivity contribution in [2.45, 2.75) is 19.1 Å². The molecule has 1 fully saturated rings. The average molecular weight is 504 g/mol. The van der Waals surface area contributed by atoms with E-state index in [4.69, 9.17) is 14.2 Å². The number of ether oxygens (including phenoxy) is 3. The first-order valence-electron chi connectivity index (χ1n) is 12.0. The van der Waals surface area contributed by atoms with Crippen LogP contribution in [0, 0.1) is 5.82 Å². The zero-order valence-electron chi connectivity index (χ0n) is 20.3. The number of rotatable bonds is 8. The van der Waals surface area contributed by atoms with E-state index in [0.717, 1.165) is 16.9 Å². The number of aliphatic hydroxyl groups is 1. The van der Waals surface area contributed by atoms with Gasteiger partial charge in [0.15, 0.2) is 0 Å². The summed E-state index contributed by atoms with van der Waals surface area (Å²) in [5.41, 5.74) is 2.79. The highest BCUT2D eigenvalue weighted by Crippen LogP contribution is 2.41. The van der Waals surface area contributed by atoms with Gasteiger partial charge in [-0.3, -0.25) is 9.59 Å². The molecule has 0 saturated carbocycles. The lowest BCUT2D eigenvalue weighted by atomic mass is 9.94. The number of hydrogen-bond donors (Lipinski definition) is 1. The van der Waals surface area contributed by atoms with Crippen LogP contribution in [0.5, 0.6) is 11.5 Å². The van der Waals surface area contributed by atoms with Gasteiger partial charge in [0.1, 0.15) is 29.7 Å². The lowest BCUT2D eigenvalue weighted by Crippen LogP contribution is -2.32. The number of methoxy groups -OCH3 is 1. The number of nitrogens with zero attached hydrogens (tertiary/aromatic N) is 1. The van der Waals surface area contributed by atoms with E-state index < -0.39 is 17.7 Å². The van der Waals surface area contributed by atoms with Crippen molar-refractivity contribution in [3.05, 3.63) is 100 Å². The molecule has 5 rings (SSSR count). The fourth-order valence-corrected chi connectivity index (χ4v) is 4.66. The Morgan fingerprint density at radius 1 is 1.11 bits per heavy atom. The average Bonchev–Trinajstić information content (AvgIpc) is 3.49. The fourth-order valence-electron chi connectivity index (χ4n) is 4.66. The fraction of sp³-hybridized carbons (Fsp3) is 0.241. The van der Waals surface area contributed by atoms with Crippen molar-refractivity contribution in [1.29, 1.82) is 0 Å². The summed E-state index contributed by atoms with van der Waals surface area (Å²) in [6.07, 6.45) is 0.704. The third-order valence-electron chi connectivity index (χ3n) is 6.53. The molecular weight excluding hydrogens is 477 g/mol. The van der Waals surface area contributed by atoms with E-state index in [1.807, 2.05) is 0 Å². The topological polar surface area (TPSA) is 85.3 Å². The number of carbonyl (C=O) groups excluding carboxylic acids is 2. The molecule has 1 N–H and O–H groups in total. The number of likely N-dealkylation sites (tertiary alicyclic amines) is 1. The predicted octanol–water partition coefficient (Wildman–Crippen LogP) is 4.41. The molecule has 37 heavy (non-hydrogen) atoms. The van der Waals surface area contributed by atoms with Crippen LogP contribution in [-0.4, -0.2) is 48.6 Å². The lowest BCUT2D eigenvalue weighted by Gasteiger charge is -2.25. The second-order valence-electron chi connectivity index (χ2n) is 8.89. The van der Waals surface area contributed by atoms with Crippen LogP contribution in [0.1, 0.15) is 28.3 Å². The summed E-state index contributed by atoms with van der Waals surface area (Å²) in [5.74, 6) is -0.768. The quantitative estimate of drug-likeness (QED) is 0.279. The Morgan fingerprint density at radius 2 is 1.92 bits per heavy atom. The maximum absolute atomic E-state index is 13.2. The van der Waals surface area contributed by atoms with Gasteiger partial charge in [-0.25, -0.2) is 4.39 Å². The van der Waals surface area contributed by atoms with Crippen molar-refractivity contribution in [2.24, 2.45) is 0 Å². The van der Waals surface area contributed by atoms with Gasteiger partial charge in [-0.1, -0.05) is 24.3 Å². The first-order chi connectivity index (χ1) is 18.0. The molecule has 190 valence electrons. The number of carbonyl (C=O) groups is 2. The smallest absolute Gasteiger partial charge is 0.295 e. The van der Waals surface area contributed by atoms with Crippen molar-refractivity contribution in [3.8, 4) is 11.5 Å². The highest BCUT2D eigenvalue weighted by Gasteiger charge is 2.46. The van der Waals surface area contributed by atoms with Crippen molar-refractivity contribution >= 4 is 17.4 Å². The molecule has 1 atom stereocenters. The SMILES string of the molecule is COCCN1C(=O)C(=O)/C(=C(\O)c2ccc3c(c2)CCO3)C1c1cccc(OCc2ccc(F)cc2)c1. The number of aliphatic hydroxyl groups excluding tert-OH is 1. The van der Waals surface area contributed by atoms with Crippen LogP contribution < -0.4 is 9.47 Å². The van der Waals surface area contributed by atoms with Gasteiger partial charge in [0.25, 0.3) is 11.7 Å². The molecule has 1 saturated heterocycles. The highest BCUT2D eigenvalue weighted by atomic mass is 19.1. The first-order valence-corrected chi connectivity index (χ1v) is 12.0. The van der Waals surface area contributed by atoms with Crippen LogP contribution in [0.3, 0.4) is 0 Å². The molecule has 0 aromatic heterocycles. The van der Waals surface area contributed by atoms with Gasteiger partial charge in [0.05, 0.1) is 24.8 Å². The number of benzene rings is 3. The lowest BCUT2D eigenvalue weighted by molar-refractivity contribution is -0.140. The minimum atomic E-state index is -0.825. The number of amides is 1. The molecule has 0 bridgehead atoms. The molecule has 3 aromatic rings. The Balaban J connectivity index is 1.51.